The predicted molar refractivity (Wildman–Crippen MR) is 81.2 cm³/mol. The second-order valence-electron chi connectivity index (χ2n) is 7.45. The predicted octanol–water partition coefficient (Wildman–Crippen LogP) is 2.93. The van der Waals surface area contributed by atoms with Gasteiger partial charge in [0.15, 0.2) is 0 Å². The molecule has 0 aromatic rings. The smallest absolute Gasteiger partial charge is 0.222 e. The summed E-state index contributed by atoms with van der Waals surface area (Å²) in [5.74, 6) is 2.53. The number of carbonyl (C=O) groups is 1. The molecule has 2 aliphatic carbocycles. The van der Waals surface area contributed by atoms with Gasteiger partial charge in [0.1, 0.15) is 0 Å². The van der Waals surface area contributed by atoms with Gasteiger partial charge in [-0.3, -0.25) is 4.79 Å². The van der Waals surface area contributed by atoms with Gasteiger partial charge in [-0.1, -0.05) is 25.7 Å². The third-order valence-corrected chi connectivity index (χ3v) is 5.88. The van der Waals surface area contributed by atoms with Crippen LogP contribution in [0.1, 0.15) is 64.2 Å². The number of rotatable bonds is 2. The van der Waals surface area contributed by atoms with Gasteiger partial charge in [0.05, 0.1) is 0 Å². The highest BCUT2D eigenvalue weighted by Crippen LogP contribution is 2.36. The largest absolute Gasteiger partial charge is 0.342 e. The minimum absolute atomic E-state index is 0.383. The SMILES string of the molecule is NC1CC[C@@H]2CN(C(=O)CC3CCCCCC3)C[C@@H]2C1. The van der Waals surface area contributed by atoms with Gasteiger partial charge in [-0.2, -0.15) is 0 Å². The van der Waals surface area contributed by atoms with Gasteiger partial charge in [-0.05, 0) is 49.9 Å². The Bertz CT molecular complexity index is 336. The first kappa shape index (κ1) is 14.4. The first-order chi connectivity index (χ1) is 9.72. The van der Waals surface area contributed by atoms with Crippen LogP contribution in [0.3, 0.4) is 0 Å². The fourth-order valence-corrected chi connectivity index (χ4v) is 4.62. The third kappa shape index (κ3) is 3.36. The minimum Gasteiger partial charge on any atom is -0.342 e. The average molecular weight is 278 g/mol. The Morgan fingerprint density at radius 2 is 1.65 bits per heavy atom. The van der Waals surface area contributed by atoms with Crippen LogP contribution in [0, 0.1) is 17.8 Å². The number of amides is 1. The second kappa shape index (κ2) is 6.46. The number of fused-ring (bicyclic) bond motifs is 1. The van der Waals surface area contributed by atoms with Crippen LogP contribution in [0.5, 0.6) is 0 Å². The van der Waals surface area contributed by atoms with Crippen molar-refractivity contribution in [3.63, 3.8) is 0 Å². The Hall–Kier alpha value is -0.570. The molecule has 0 radical (unpaired) electrons. The average Bonchev–Trinajstić information content (AvgIpc) is 2.68. The molecule has 3 nitrogen and oxygen atoms in total. The summed E-state index contributed by atoms with van der Waals surface area (Å²) in [5, 5.41) is 0. The third-order valence-electron chi connectivity index (χ3n) is 5.88. The molecule has 20 heavy (non-hydrogen) atoms. The standard InChI is InChI=1S/C17H30N2O/c18-16-8-7-14-11-19(12-15(14)10-16)17(20)9-13-5-3-1-2-4-6-13/h13-16H,1-12,18H2/t14-,15+,16?/m1/s1. The molecule has 1 unspecified atom stereocenters. The van der Waals surface area contributed by atoms with E-state index in [2.05, 4.69) is 4.90 Å². The van der Waals surface area contributed by atoms with Crippen molar-refractivity contribution in [2.75, 3.05) is 13.1 Å². The van der Waals surface area contributed by atoms with Crippen molar-refractivity contribution in [1.29, 1.82) is 0 Å². The van der Waals surface area contributed by atoms with Crippen LogP contribution in [0.15, 0.2) is 0 Å². The van der Waals surface area contributed by atoms with E-state index >= 15 is 0 Å². The van der Waals surface area contributed by atoms with E-state index in [0.29, 0.717) is 23.8 Å². The number of hydrogen-bond donors (Lipinski definition) is 1. The Morgan fingerprint density at radius 1 is 0.950 bits per heavy atom. The van der Waals surface area contributed by atoms with Crippen LogP contribution in [0.4, 0.5) is 0 Å². The molecule has 2 saturated carbocycles. The Balaban J connectivity index is 1.50. The number of nitrogens with two attached hydrogens (primary N) is 1. The first-order valence-corrected chi connectivity index (χ1v) is 8.75. The van der Waals surface area contributed by atoms with Crippen LogP contribution in [-0.2, 0) is 4.79 Å². The Morgan fingerprint density at radius 3 is 2.40 bits per heavy atom. The van der Waals surface area contributed by atoms with Gasteiger partial charge in [0, 0.05) is 25.6 Å². The highest BCUT2D eigenvalue weighted by molar-refractivity contribution is 5.76. The van der Waals surface area contributed by atoms with Gasteiger partial charge in [0.2, 0.25) is 5.91 Å². The van der Waals surface area contributed by atoms with E-state index < -0.39 is 0 Å². The van der Waals surface area contributed by atoms with E-state index in [-0.39, 0.29) is 0 Å². The molecule has 0 aromatic heterocycles. The molecule has 0 spiro atoms. The lowest BCUT2D eigenvalue weighted by Crippen LogP contribution is -2.32. The molecule has 0 aromatic carbocycles. The van der Waals surface area contributed by atoms with Crippen molar-refractivity contribution in [2.45, 2.75) is 70.3 Å². The van der Waals surface area contributed by atoms with Crippen LogP contribution in [0.25, 0.3) is 0 Å². The maximum atomic E-state index is 12.5. The topological polar surface area (TPSA) is 46.3 Å². The fourth-order valence-electron chi connectivity index (χ4n) is 4.62. The molecule has 1 aliphatic heterocycles. The second-order valence-corrected chi connectivity index (χ2v) is 7.45. The zero-order valence-electron chi connectivity index (χ0n) is 12.7. The lowest BCUT2D eigenvalue weighted by molar-refractivity contribution is -0.131. The quantitative estimate of drug-likeness (QED) is 0.789. The molecule has 3 heteroatoms. The molecular weight excluding hydrogens is 248 g/mol. The van der Waals surface area contributed by atoms with E-state index in [0.717, 1.165) is 38.3 Å². The summed E-state index contributed by atoms with van der Waals surface area (Å²) in [6, 6.07) is 0.383. The van der Waals surface area contributed by atoms with Crippen LogP contribution < -0.4 is 5.73 Å². The summed E-state index contributed by atoms with van der Waals surface area (Å²) in [7, 11) is 0. The molecule has 3 aliphatic rings. The summed E-state index contributed by atoms with van der Waals surface area (Å²) in [5.41, 5.74) is 6.08. The van der Waals surface area contributed by atoms with Crippen molar-refractivity contribution in [1.82, 2.24) is 4.90 Å². The van der Waals surface area contributed by atoms with Crippen molar-refractivity contribution >= 4 is 5.91 Å². The van der Waals surface area contributed by atoms with Crippen molar-refractivity contribution < 1.29 is 4.79 Å². The monoisotopic (exact) mass is 278 g/mol. The molecule has 114 valence electrons. The molecule has 0 bridgehead atoms. The van der Waals surface area contributed by atoms with Crippen LogP contribution in [-0.4, -0.2) is 29.9 Å². The zero-order chi connectivity index (χ0) is 13.9. The Labute approximate surface area is 123 Å². The molecular formula is C17H30N2O. The van der Waals surface area contributed by atoms with Gasteiger partial charge in [-0.25, -0.2) is 0 Å². The van der Waals surface area contributed by atoms with Gasteiger partial charge in [-0.15, -0.1) is 0 Å². The summed E-state index contributed by atoms with van der Waals surface area (Å²) >= 11 is 0. The van der Waals surface area contributed by atoms with Crippen molar-refractivity contribution in [3.8, 4) is 0 Å². The number of hydrogen-bond acceptors (Lipinski definition) is 2. The van der Waals surface area contributed by atoms with Crippen LogP contribution in [0.2, 0.25) is 0 Å². The zero-order valence-corrected chi connectivity index (χ0v) is 12.7. The number of likely N-dealkylation sites (tertiary alicyclic amines) is 1. The van der Waals surface area contributed by atoms with Crippen LogP contribution >= 0.6 is 0 Å². The normalized spacial score (nSPS) is 35.6. The number of nitrogens with zero attached hydrogens (tertiary/aromatic N) is 1. The van der Waals surface area contributed by atoms with Crippen molar-refractivity contribution in [2.24, 2.45) is 23.5 Å². The van der Waals surface area contributed by atoms with E-state index in [1.807, 2.05) is 0 Å². The molecule has 3 fully saturated rings. The van der Waals surface area contributed by atoms with Gasteiger partial charge < -0.3 is 10.6 Å². The van der Waals surface area contributed by atoms with Gasteiger partial charge >= 0.3 is 0 Å². The summed E-state index contributed by atoms with van der Waals surface area (Å²) in [6.07, 6.45) is 12.3. The lowest BCUT2D eigenvalue weighted by Gasteiger charge is -2.27. The summed E-state index contributed by atoms with van der Waals surface area (Å²) in [6.45, 7) is 2.01. The van der Waals surface area contributed by atoms with Gasteiger partial charge in [0.25, 0.3) is 0 Å². The summed E-state index contributed by atoms with van der Waals surface area (Å²) < 4.78 is 0. The van der Waals surface area contributed by atoms with E-state index in [1.165, 1.54) is 44.9 Å². The molecule has 1 saturated heterocycles. The summed E-state index contributed by atoms with van der Waals surface area (Å²) in [4.78, 5) is 14.7. The highest BCUT2D eigenvalue weighted by Gasteiger charge is 2.38. The van der Waals surface area contributed by atoms with E-state index in [4.69, 9.17) is 5.73 Å². The van der Waals surface area contributed by atoms with Crippen molar-refractivity contribution in [3.05, 3.63) is 0 Å². The molecule has 1 heterocycles. The molecule has 3 atom stereocenters. The number of carbonyl (C=O) groups excluding carboxylic acids is 1. The first-order valence-electron chi connectivity index (χ1n) is 8.75. The Kier molecular flexibility index (Phi) is 4.65. The van der Waals surface area contributed by atoms with E-state index in [9.17, 15) is 4.79 Å². The lowest BCUT2D eigenvalue weighted by atomic mass is 9.79. The molecule has 1 amide bonds. The van der Waals surface area contributed by atoms with E-state index in [1.54, 1.807) is 0 Å². The maximum Gasteiger partial charge on any atom is 0.222 e. The fraction of sp³-hybridized carbons (Fsp3) is 0.941. The maximum absolute atomic E-state index is 12.5. The highest BCUT2D eigenvalue weighted by atomic mass is 16.2. The molecule has 2 N–H and O–H groups in total. The molecule has 3 rings (SSSR count). The minimum atomic E-state index is 0.383.